The van der Waals surface area contributed by atoms with Crippen LogP contribution in [-0.2, 0) is 9.59 Å². The van der Waals surface area contributed by atoms with Gasteiger partial charge in [-0.1, -0.05) is 0 Å². The van der Waals surface area contributed by atoms with Crippen molar-refractivity contribution in [3.63, 3.8) is 0 Å². The van der Waals surface area contributed by atoms with Gasteiger partial charge in [-0.15, -0.1) is 0 Å². The highest BCUT2D eigenvalue weighted by atomic mass is 79.9. The number of rotatable bonds is 4. The van der Waals surface area contributed by atoms with Crippen molar-refractivity contribution in [2.45, 2.75) is 38.5 Å². The van der Waals surface area contributed by atoms with E-state index >= 15 is 0 Å². The molecule has 2 N–H and O–H groups in total. The van der Waals surface area contributed by atoms with Crippen LogP contribution in [0.3, 0.4) is 0 Å². The molecule has 1 aliphatic heterocycles. The van der Waals surface area contributed by atoms with E-state index in [9.17, 15) is 9.59 Å². The van der Waals surface area contributed by atoms with Crippen molar-refractivity contribution in [1.82, 2.24) is 5.32 Å². The Morgan fingerprint density at radius 3 is 2.40 bits per heavy atom. The number of methoxy groups -OCH3 is 1. The zero-order valence-electron chi connectivity index (χ0n) is 16.6. The van der Waals surface area contributed by atoms with Gasteiger partial charge >= 0.3 is 5.97 Å². The van der Waals surface area contributed by atoms with Gasteiger partial charge in [-0.3, -0.25) is 15.0 Å². The number of hydrogen-bond acceptors (Lipinski definition) is 6. The zero-order valence-corrected chi connectivity index (χ0v) is 19.0. The van der Waals surface area contributed by atoms with Crippen molar-refractivity contribution in [1.29, 1.82) is 5.41 Å². The summed E-state index contributed by atoms with van der Waals surface area (Å²) < 4.78 is 12.1. The fourth-order valence-electron chi connectivity index (χ4n) is 6.08. The molecule has 1 heterocycles. The van der Waals surface area contributed by atoms with Crippen molar-refractivity contribution in [3.8, 4) is 11.5 Å². The first-order chi connectivity index (χ1) is 14.3. The molecule has 0 radical (unpaired) electrons. The lowest BCUT2D eigenvalue weighted by atomic mass is 9.49. The fraction of sp³-hybridized carbons (Fsp3) is 0.500. The second-order valence-electron chi connectivity index (χ2n) is 9.02. The Hall–Kier alpha value is -1.80. The van der Waals surface area contributed by atoms with Crippen LogP contribution < -0.4 is 14.8 Å². The van der Waals surface area contributed by atoms with E-state index in [0.717, 1.165) is 36.6 Å². The van der Waals surface area contributed by atoms with Crippen LogP contribution >= 0.6 is 27.7 Å². The Bertz CT molecular complexity index is 954. The quantitative estimate of drug-likeness (QED) is 0.362. The molecule has 1 saturated heterocycles. The first-order valence-corrected chi connectivity index (χ1v) is 11.9. The number of esters is 1. The highest BCUT2D eigenvalue weighted by Gasteiger charge is 2.55. The highest BCUT2D eigenvalue weighted by Crippen LogP contribution is 2.60. The Balaban J connectivity index is 1.41. The molecule has 8 heteroatoms. The predicted octanol–water partition coefficient (Wildman–Crippen LogP) is 4.72. The largest absolute Gasteiger partial charge is 0.493 e. The van der Waals surface area contributed by atoms with Gasteiger partial charge in [0.2, 0.25) is 0 Å². The van der Waals surface area contributed by atoms with Crippen molar-refractivity contribution in [2.24, 2.45) is 23.2 Å². The molecule has 1 amide bonds. The predicted molar refractivity (Wildman–Crippen MR) is 118 cm³/mol. The van der Waals surface area contributed by atoms with Crippen LogP contribution in [0.1, 0.15) is 44.1 Å². The van der Waals surface area contributed by atoms with E-state index in [-0.39, 0.29) is 22.5 Å². The van der Waals surface area contributed by atoms with E-state index in [0.29, 0.717) is 38.6 Å². The molecular weight excluding hydrogens is 468 g/mol. The summed E-state index contributed by atoms with van der Waals surface area (Å²) in [7, 11) is 1.54. The number of amides is 1. The molecular formula is C22H23BrN2O4S. The Kier molecular flexibility index (Phi) is 4.97. The van der Waals surface area contributed by atoms with E-state index in [1.807, 2.05) is 0 Å². The first-order valence-electron chi connectivity index (χ1n) is 10.2. The van der Waals surface area contributed by atoms with Crippen LogP contribution in [0.15, 0.2) is 21.5 Å². The Labute approximate surface area is 187 Å². The minimum atomic E-state index is -0.348. The van der Waals surface area contributed by atoms with Crippen LogP contribution in [0.5, 0.6) is 11.5 Å². The third-order valence-electron chi connectivity index (χ3n) is 6.88. The zero-order chi connectivity index (χ0) is 21.0. The van der Waals surface area contributed by atoms with Crippen molar-refractivity contribution in [3.05, 3.63) is 27.1 Å². The van der Waals surface area contributed by atoms with Gasteiger partial charge in [0.15, 0.2) is 16.7 Å². The molecule has 6 rings (SSSR count). The average molecular weight is 491 g/mol. The van der Waals surface area contributed by atoms with Crippen LogP contribution in [-0.4, -0.2) is 24.2 Å². The van der Waals surface area contributed by atoms with Crippen LogP contribution in [0.25, 0.3) is 6.08 Å². The second-order valence-corrected chi connectivity index (χ2v) is 10.9. The maximum atomic E-state index is 13.3. The summed E-state index contributed by atoms with van der Waals surface area (Å²) in [6.07, 6.45) is 8.34. The minimum Gasteiger partial charge on any atom is -0.493 e. The molecule has 4 saturated carbocycles. The number of amidine groups is 1. The van der Waals surface area contributed by atoms with E-state index in [1.165, 1.54) is 26.4 Å². The molecule has 4 aliphatic carbocycles. The lowest BCUT2D eigenvalue weighted by Gasteiger charge is -2.55. The molecule has 0 atom stereocenters. The van der Waals surface area contributed by atoms with Gasteiger partial charge in [-0.05, 0) is 108 Å². The van der Waals surface area contributed by atoms with Crippen molar-refractivity contribution in [2.75, 3.05) is 7.11 Å². The lowest BCUT2D eigenvalue weighted by molar-refractivity contribution is -0.161. The topological polar surface area (TPSA) is 88.5 Å². The van der Waals surface area contributed by atoms with Gasteiger partial charge < -0.3 is 14.8 Å². The molecule has 0 spiro atoms. The van der Waals surface area contributed by atoms with Crippen LogP contribution in [0.4, 0.5) is 0 Å². The van der Waals surface area contributed by atoms with Crippen LogP contribution in [0, 0.1) is 28.6 Å². The van der Waals surface area contributed by atoms with Crippen molar-refractivity contribution < 1.29 is 19.1 Å². The monoisotopic (exact) mass is 490 g/mol. The number of hydrogen-bond donors (Lipinski definition) is 2. The Morgan fingerprint density at radius 1 is 1.23 bits per heavy atom. The smallest absolute Gasteiger partial charge is 0.317 e. The van der Waals surface area contributed by atoms with Gasteiger partial charge in [0.25, 0.3) is 5.91 Å². The van der Waals surface area contributed by atoms with E-state index < -0.39 is 0 Å². The summed E-state index contributed by atoms with van der Waals surface area (Å²) in [5.41, 5.74) is 0.374. The molecule has 5 aliphatic rings. The first kappa shape index (κ1) is 20.1. The lowest BCUT2D eigenvalue weighted by Crippen LogP contribution is -2.51. The number of nitrogens with one attached hydrogen (secondary N) is 2. The SMILES string of the molecule is COc1cc(/C=C2/SC(=N)NC2=O)cc(Br)c1OC(=O)C12CC3CC(CC(C3)C1)C2. The molecule has 30 heavy (non-hydrogen) atoms. The minimum absolute atomic E-state index is 0.110. The Morgan fingerprint density at radius 2 is 1.87 bits per heavy atom. The van der Waals surface area contributed by atoms with E-state index in [4.69, 9.17) is 14.9 Å². The molecule has 4 bridgehead atoms. The second kappa shape index (κ2) is 7.41. The van der Waals surface area contributed by atoms with Gasteiger partial charge in [0, 0.05) is 0 Å². The molecule has 0 unspecified atom stereocenters. The summed E-state index contributed by atoms with van der Waals surface area (Å²) in [5.74, 6) is 2.39. The summed E-state index contributed by atoms with van der Waals surface area (Å²) in [5, 5.41) is 10.1. The molecule has 1 aromatic carbocycles. The maximum Gasteiger partial charge on any atom is 0.317 e. The summed E-state index contributed by atoms with van der Waals surface area (Å²) >= 11 is 4.59. The molecule has 1 aromatic rings. The summed E-state index contributed by atoms with van der Waals surface area (Å²) in [4.78, 5) is 25.7. The number of halogens is 1. The molecule has 6 nitrogen and oxygen atoms in total. The maximum absolute atomic E-state index is 13.3. The number of carbonyl (C=O) groups is 2. The van der Waals surface area contributed by atoms with E-state index in [1.54, 1.807) is 18.2 Å². The van der Waals surface area contributed by atoms with Gasteiger partial charge in [-0.2, -0.15) is 0 Å². The van der Waals surface area contributed by atoms with Gasteiger partial charge in [0.1, 0.15) is 0 Å². The molecule has 5 fully saturated rings. The number of carbonyl (C=O) groups excluding carboxylic acids is 2. The average Bonchev–Trinajstić information content (AvgIpc) is 2.99. The third kappa shape index (κ3) is 3.47. The van der Waals surface area contributed by atoms with Crippen LogP contribution in [0.2, 0.25) is 0 Å². The van der Waals surface area contributed by atoms with Gasteiger partial charge in [-0.25, -0.2) is 0 Å². The normalized spacial score (nSPS) is 33.1. The highest BCUT2D eigenvalue weighted by molar-refractivity contribution is 9.10. The molecule has 0 aromatic heterocycles. The molecule has 158 valence electrons. The summed E-state index contributed by atoms with van der Waals surface area (Å²) in [6, 6.07) is 3.55. The van der Waals surface area contributed by atoms with E-state index in [2.05, 4.69) is 21.2 Å². The fourth-order valence-corrected chi connectivity index (χ4v) is 7.32. The van der Waals surface area contributed by atoms with Gasteiger partial charge in [0.05, 0.1) is 21.9 Å². The standard InChI is InChI=1S/C22H23BrN2O4S/c1-28-16-6-11(7-17-19(26)25-21(24)30-17)5-15(23)18(16)29-20(27)22-8-12-2-13(9-22)4-14(3-12)10-22/h5-7,12-14H,2-4,8-10H2,1H3,(H2,24,25,26)/b17-7+. The number of ether oxygens (including phenoxy) is 2. The number of benzene rings is 1. The summed E-state index contributed by atoms with van der Waals surface area (Å²) in [6.45, 7) is 0. The van der Waals surface area contributed by atoms with Crippen molar-refractivity contribution >= 4 is 50.8 Å². The third-order valence-corrected chi connectivity index (χ3v) is 8.30. The number of thioether (sulfide) groups is 1.